The average Bonchev–Trinajstić information content (AvgIpc) is 2.74. The van der Waals surface area contributed by atoms with E-state index in [4.69, 9.17) is 0 Å². The van der Waals surface area contributed by atoms with Crippen molar-refractivity contribution in [1.29, 1.82) is 0 Å². The van der Waals surface area contributed by atoms with Gasteiger partial charge in [-0.25, -0.2) is 0 Å². The fraction of sp³-hybridized carbons (Fsp3) is 0.917. The van der Waals surface area contributed by atoms with Gasteiger partial charge in [-0.3, -0.25) is 9.69 Å². The number of rotatable bonds is 2. The second kappa shape index (κ2) is 4.72. The lowest BCUT2D eigenvalue weighted by molar-refractivity contribution is -0.132. The van der Waals surface area contributed by atoms with Crippen molar-refractivity contribution in [3.05, 3.63) is 0 Å². The average molecular weight is 226 g/mol. The van der Waals surface area contributed by atoms with E-state index in [9.17, 15) is 9.90 Å². The lowest BCUT2D eigenvalue weighted by Crippen LogP contribution is -2.46. The maximum Gasteiger partial charge on any atom is 0.236 e. The fourth-order valence-corrected chi connectivity index (χ4v) is 2.45. The molecule has 0 unspecified atom stereocenters. The van der Waals surface area contributed by atoms with Crippen LogP contribution < -0.4 is 0 Å². The maximum atomic E-state index is 11.9. The van der Waals surface area contributed by atoms with E-state index >= 15 is 0 Å². The Morgan fingerprint density at radius 2 is 1.75 bits per heavy atom. The first-order valence-electron chi connectivity index (χ1n) is 6.29. The molecule has 4 heteroatoms. The Bertz CT molecular complexity index is 250. The molecule has 2 aliphatic rings. The van der Waals surface area contributed by atoms with Crippen molar-refractivity contribution >= 4 is 5.91 Å². The van der Waals surface area contributed by atoms with Crippen LogP contribution in [0.15, 0.2) is 0 Å². The Kier molecular flexibility index (Phi) is 3.50. The molecule has 92 valence electrons. The number of likely N-dealkylation sites (tertiary alicyclic amines) is 2. The van der Waals surface area contributed by atoms with Crippen molar-refractivity contribution in [1.82, 2.24) is 9.80 Å². The van der Waals surface area contributed by atoms with Crippen LogP contribution in [0.3, 0.4) is 0 Å². The summed E-state index contributed by atoms with van der Waals surface area (Å²) in [5, 5.41) is 9.82. The molecule has 0 radical (unpaired) electrons. The summed E-state index contributed by atoms with van der Waals surface area (Å²) in [7, 11) is 0. The molecule has 0 aromatic heterocycles. The van der Waals surface area contributed by atoms with Gasteiger partial charge in [0.15, 0.2) is 0 Å². The Balaban J connectivity index is 1.76. The van der Waals surface area contributed by atoms with E-state index in [1.54, 1.807) is 0 Å². The van der Waals surface area contributed by atoms with Gasteiger partial charge in [0.1, 0.15) is 0 Å². The molecule has 1 N–H and O–H groups in total. The van der Waals surface area contributed by atoms with Gasteiger partial charge >= 0.3 is 0 Å². The first kappa shape index (κ1) is 11.9. The number of hydrogen-bond donors (Lipinski definition) is 1. The van der Waals surface area contributed by atoms with Crippen LogP contribution in [0.2, 0.25) is 0 Å². The summed E-state index contributed by atoms with van der Waals surface area (Å²) in [5.41, 5.74) is -0.521. The smallest absolute Gasteiger partial charge is 0.236 e. The van der Waals surface area contributed by atoms with Crippen LogP contribution >= 0.6 is 0 Å². The molecule has 2 heterocycles. The normalized spacial score (nSPS) is 26.0. The van der Waals surface area contributed by atoms with Gasteiger partial charge in [-0.05, 0) is 32.6 Å². The van der Waals surface area contributed by atoms with Gasteiger partial charge in [-0.15, -0.1) is 0 Å². The minimum absolute atomic E-state index is 0.263. The molecular formula is C12H22N2O2. The number of carbonyl (C=O) groups excluding carboxylic acids is 1. The summed E-state index contributed by atoms with van der Waals surface area (Å²) in [4.78, 5) is 16.0. The Labute approximate surface area is 97.2 Å². The predicted molar refractivity (Wildman–Crippen MR) is 62.1 cm³/mol. The molecule has 1 amide bonds. The van der Waals surface area contributed by atoms with Crippen molar-refractivity contribution in [2.75, 3.05) is 32.7 Å². The van der Waals surface area contributed by atoms with Crippen molar-refractivity contribution in [3.63, 3.8) is 0 Å². The molecule has 0 spiro atoms. The molecule has 0 aliphatic carbocycles. The zero-order valence-electron chi connectivity index (χ0n) is 10.1. The lowest BCUT2D eigenvalue weighted by Gasteiger charge is -2.35. The molecule has 4 nitrogen and oxygen atoms in total. The van der Waals surface area contributed by atoms with E-state index < -0.39 is 5.60 Å². The van der Waals surface area contributed by atoms with Crippen molar-refractivity contribution < 1.29 is 9.90 Å². The quantitative estimate of drug-likeness (QED) is 0.744. The highest BCUT2D eigenvalue weighted by molar-refractivity contribution is 5.78. The second-order valence-electron chi connectivity index (χ2n) is 5.36. The van der Waals surface area contributed by atoms with Gasteiger partial charge in [-0.1, -0.05) is 0 Å². The Hall–Kier alpha value is -0.610. The minimum atomic E-state index is -0.521. The number of piperidine rings is 1. The van der Waals surface area contributed by atoms with Gasteiger partial charge in [0.05, 0.1) is 12.1 Å². The van der Waals surface area contributed by atoms with Gasteiger partial charge in [0.25, 0.3) is 0 Å². The van der Waals surface area contributed by atoms with Crippen LogP contribution in [0.25, 0.3) is 0 Å². The van der Waals surface area contributed by atoms with E-state index in [0.29, 0.717) is 6.54 Å². The summed E-state index contributed by atoms with van der Waals surface area (Å²) in [6, 6.07) is 0. The summed E-state index contributed by atoms with van der Waals surface area (Å²) in [6.45, 7) is 5.97. The second-order valence-corrected chi connectivity index (χ2v) is 5.36. The third-order valence-electron chi connectivity index (χ3n) is 3.75. The molecule has 0 bridgehead atoms. The molecule has 2 aliphatic heterocycles. The van der Waals surface area contributed by atoms with Crippen LogP contribution in [0.4, 0.5) is 0 Å². The number of amides is 1. The SMILES string of the molecule is CC1(O)CCN(CC(=O)N2CCCC2)CC1. The molecule has 0 aromatic rings. The lowest BCUT2D eigenvalue weighted by atomic mass is 9.94. The van der Waals surface area contributed by atoms with Crippen LogP contribution in [-0.2, 0) is 4.79 Å². The molecule has 0 saturated carbocycles. The summed E-state index contributed by atoms with van der Waals surface area (Å²) in [5.74, 6) is 0.263. The zero-order chi connectivity index (χ0) is 11.6. The number of carbonyl (C=O) groups is 1. The monoisotopic (exact) mass is 226 g/mol. The van der Waals surface area contributed by atoms with Gasteiger partial charge in [0.2, 0.25) is 5.91 Å². The standard InChI is InChI=1S/C12H22N2O2/c1-12(16)4-8-13(9-5-12)10-11(15)14-6-2-3-7-14/h16H,2-10H2,1H3. The minimum Gasteiger partial charge on any atom is -0.390 e. The molecule has 16 heavy (non-hydrogen) atoms. The first-order chi connectivity index (χ1) is 7.57. The highest BCUT2D eigenvalue weighted by Crippen LogP contribution is 2.21. The summed E-state index contributed by atoms with van der Waals surface area (Å²) >= 11 is 0. The van der Waals surface area contributed by atoms with Crippen LogP contribution in [0.1, 0.15) is 32.6 Å². The third kappa shape index (κ3) is 2.95. The van der Waals surface area contributed by atoms with Crippen molar-refractivity contribution in [2.24, 2.45) is 0 Å². The van der Waals surface area contributed by atoms with E-state index in [0.717, 1.165) is 51.9 Å². The summed E-state index contributed by atoms with van der Waals surface area (Å²) < 4.78 is 0. The zero-order valence-corrected chi connectivity index (χ0v) is 10.1. The van der Waals surface area contributed by atoms with E-state index in [-0.39, 0.29) is 5.91 Å². The van der Waals surface area contributed by atoms with Crippen LogP contribution in [-0.4, -0.2) is 59.1 Å². The third-order valence-corrected chi connectivity index (χ3v) is 3.75. The molecule has 2 rings (SSSR count). The molecule has 0 atom stereocenters. The van der Waals surface area contributed by atoms with E-state index in [2.05, 4.69) is 4.90 Å². The van der Waals surface area contributed by atoms with Crippen molar-refractivity contribution in [3.8, 4) is 0 Å². The van der Waals surface area contributed by atoms with Crippen LogP contribution in [0, 0.1) is 0 Å². The number of nitrogens with zero attached hydrogens (tertiary/aromatic N) is 2. The maximum absolute atomic E-state index is 11.9. The van der Waals surface area contributed by atoms with E-state index in [1.165, 1.54) is 0 Å². The molecule has 0 aromatic carbocycles. The van der Waals surface area contributed by atoms with Crippen molar-refractivity contribution in [2.45, 2.75) is 38.2 Å². The highest BCUT2D eigenvalue weighted by atomic mass is 16.3. The molecular weight excluding hydrogens is 204 g/mol. The largest absolute Gasteiger partial charge is 0.390 e. The van der Waals surface area contributed by atoms with E-state index in [1.807, 2.05) is 11.8 Å². The Morgan fingerprint density at radius 3 is 2.31 bits per heavy atom. The number of hydrogen-bond acceptors (Lipinski definition) is 3. The molecule has 2 saturated heterocycles. The summed E-state index contributed by atoms with van der Waals surface area (Å²) in [6.07, 6.45) is 3.86. The van der Waals surface area contributed by atoms with Gasteiger partial charge in [0, 0.05) is 26.2 Å². The fourth-order valence-electron chi connectivity index (χ4n) is 2.45. The predicted octanol–water partition coefficient (Wildman–Crippen LogP) is 0.456. The van der Waals surface area contributed by atoms with Gasteiger partial charge in [-0.2, -0.15) is 0 Å². The van der Waals surface area contributed by atoms with Crippen LogP contribution in [0.5, 0.6) is 0 Å². The number of aliphatic hydroxyl groups is 1. The highest BCUT2D eigenvalue weighted by Gasteiger charge is 2.29. The molecule has 2 fully saturated rings. The Morgan fingerprint density at radius 1 is 1.19 bits per heavy atom. The first-order valence-corrected chi connectivity index (χ1v) is 6.29. The van der Waals surface area contributed by atoms with Gasteiger partial charge < -0.3 is 10.0 Å². The topological polar surface area (TPSA) is 43.8 Å².